The van der Waals surface area contributed by atoms with E-state index in [2.05, 4.69) is 10.3 Å². The molecule has 1 aromatic heterocycles. The smallest absolute Gasteiger partial charge is 0.338 e. The number of nitrogens with one attached hydrogen (secondary N) is 1. The number of thioether (sulfide) groups is 1. The summed E-state index contributed by atoms with van der Waals surface area (Å²) in [5, 5.41) is 17.0. The minimum Gasteiger partial charge on any atom is -0.478 e. The minimum absolute atomic E-state index is 0.00713. The van der Waals surface area contributed by atoms with E-state index < -0.39 is 21.9 Å². The number of carbonyl (C=O) groups is 2. The number of hydrogen-bond donors (Lipinski definition) is 3. The summed E-state index contributed by atoms with van der Waals surface area (Å²) in [5.74, 6) is -1.65. The van der Waals surface area contributed by atoms with Crippen molar-refractivity contribution in [3.05, 3.63) is 47.7 Å². The fourth-order valence-corrected chi connectivity index (χ4v) is 3.23. The van der Waals surface area contributed by atoms with E-state index in [-0.39, 0.29) is 21.2 Å². The molecule has 2 rings (SSSR count). The van der Waals surface area contributed by atoms with E-state index in [1.54, 1.807) is 6.92 Å². The Morgan fingerprint density at radius 3 is 2.68 bits per heavy atom. The van der Waals surface area contributed by atoms with Crippen LogP contribution < -0.4 is 10.5 Å². The van der Waals surface area contributed by atoms with Crippen LogP contribution in [0.3, 0.4) is 0 Å². The van der Waals surface area contributed by atoms with Crippen LogP contribution in [0.1, 0.15) is 15.9 Å². The van der Waals surface area contributed by atoms with Crippen LogP contribution in [-0.4, -0.2) is 36.1 Å². The largest absolute Gasteiger partial charge is 0.478 e. The SMILES string of the molecule is Cc1ccc(S(N)(=O)=O)cc1NC(=O)CSc1ncccc1C(=O)O. The molecule has 0 radical (unpaired) electrons. The molecule has 1 amide bonds. The summed E-state index contributed by atoms with van der Waals surface area (Å²) in [6.45, 7) is 1.71. The summed E-state index contributed by atoms with van der Waals surface area (Å²) in [7, 11) is -3.88. The van der Waals surface area contributed by atoms with Gasteiger partial charge in [-0.3, -0.25) is 4.79 Å². The van der Waals surface area contributed by atoms with Gasteiger partial charge in [0.1, 0.15) is 5.03 Å². The molecule has 132 valence electrons. The number of rotatable bonds is 6. The van der Waals surface area contributed by atoms with E-state index in [1.165, 1.54) is 36.5 Å². The van der Waals surface area contributed by atoms with Crippen LogP contribution in [0, 0.1) is 6.92 Å². The van der Waals surface area contributed by atoms with E-state index in [9.17, 15) is 18.0 Å². The van der Waals surface area contributed by atoms with E-state index in [1.807, 2.05) is 0 Å². The van der Waals surface area contributed by atoms with E-state index in [0.717, 1.165) is 11.8 Å². The lowest BCUT2D eigenvalue weighted by molar-refractivity contribution is -0.113. The molecule has 0 aliphatic carbocycles. The van der Waals surface area contributed by atoms with E-state index >= 15 is 0 Å². The van der Waals surface area contributed by atoms with Gasteiger partial charge in [-0.15, -0.1) is 0 Å². The van der Waals surface area contributed by atoms with Gasteiger partial charge in [0.05, 0.1) is 16.2 Å². The van der Waals surface area contributed by atoms with Crippen LogP contribution in [0.5, 0.6) is 0 Å². The first kappa shape index (κ1) is 18.9. The Balaban J connectivity index is 2.10. The summed E-state index contributed by atoms with van der Waals surface area (Å²) in [4.78, 5) is 27.0. The molecule has 0 bridgehead atoms. The maximum atomic E-state index is 12.1. The maximum Gasteiger partial charge on any atom is 0.338 e. The number of nitrogens with two attached hydrogens (primary N) is 1. The molecule has 10 heteroatoms. The highest BCUT2D eigenvalue weighted by Crippen LogP contribution is 2.22. The van der Waals surface area contributed by atoms with Crippen molar-refractivity contribution in [1.82, 2.24) is 4.98 Å². The Bertz CT molecular complexity index is 929. The van der Waals surface area contributed by atoms with Gasteiger partial charge in [0.25, 0.3) is 0 Å². The average molecular weight is 381 g/mol. The number of primary sulfonamides is 1. The molecule has 0 saturated heterocycles. The third kappa shape index (κ3) is 5.02. The Kier molecular flexibility index (Phi) is 5.77. The number of anilines is 1. The van der Waals surface area contributed by atoms with Gasteiger partial charge in [0.2, 0.25) is 15.9 Å². The molecule has 0 aliphatic heterocycles. The number of carboxylic acids is 1. The second-order valence-corrected chi connectivity index (χ2v) is 7.55. The fourth-order valence-electron chi connectivity index (χ4n) is 1.90. The lowest BCUT2D eigenvalue weighted by Gasteiger charge is -2.10. The van der Waals surface area contributed by atoms with Crippen LogP contribution in [0.2, 0.25) is 0 Å². The van der Waals surface area contributed by atoms with Crippen molar-refractivity contribution in [2.45, 2.75) is 16.8 Å². The van der Waals surface area contributed by atoms with Gasteiger partial charge < -0.3 is 10.4 Å². The van der Waals surface area contributed by atoms with Crippen molar-refractivity contribution in [1.29, 1.82) is 0 Å². The Morgan fingerprint density at radius 2 is 2.04 bits per heavy atom. The van der Waals surface area contributed by atoms with Crippen molar-refractivity contribution >= 4 is 39.3 Å². The summed E-state index contributed by atoms with van der Waals surface area (Å²) in [6.07, 6.45) is 1.44. The molecule has 1 aromatic carbocycles. The topological polar surface area (TPSA) is 139 Å². The van der Waals surface area contributed by atoms with Crippen molar-refractivity contribution < 1.29 is 23.1 Å². The Morgan fingerprint density at radius 1 is 1.32 bits per heavy atom. The molecule has 4 N–H and O–H groups in total. The average Bonchev–Trinajstić information content (AvgIpc) is 2.54. The number of carboxylic acid groups (broad SMARTS) is 1. The first-order valence-electron chi connectivity index (χ1n) is 6.93. The predicted octanol–water partition coefficient (Wildman–Crippen LogP) is 1.47. The minimum atomic E-state index is -3.88. The highest BCUT2D eigenvalue weighted by molar-refractivity contribution is 8.00. The zero-order chi connectivity index (χ0) is 18.6. The fraction of sp³-hybridized carbons (Fsp3) is 0.133. The van der Waals surface area contributed by atoms with E-state index in [4.69, 9.17) is 10.2 Å². The Hall–Kier alpha value is -2.43. The number of aromatic nitrogens is 1. The van der Waals surface area contributed by atoms with Crippen molar-refractivity contribution in [2.75, 3.05) is 11.1 Å². The molecule has 0 aliphatic rings. The molecule has 0 saturated carbocycles. The number of pyridine rings is 1. The number of benzene rings is 1. The second-order valence-electron chi connectivity index (χ2n) is 5.02. The van der Waals surface area contributed by atoms with Gasteiger partial charge in [0, 0.05) is 11.9 Å². The number of aromatic carboxylic acids is 1. The number of hydrogen-bond acceptors (Lipinski definition) is 6. The van der Waals surface area contributed by atoms with Gasteiger partial charge in [-0.05, 0) is 36.8 Å². The predicted molar refractivity (Wildman–Crippen MR) is 93.1 cm³/mol. The van der Waals surface area contributed by atoms with Crippen LogP contribution in [-0.2, 0) is 14.8 Å². The number of aryl methyl sites for hydroxylation is 1. The highest BCUT2D eigenvalue weighted by Gasteiger charge is 2.15. The number of amides is 1. The molecule has 0 atom stereocenters. The zero-order valence-electron chi connectivity index (χ0n) is 13.1. The van der Waals surface area contributed by atoms with Crippen LogP contribution in [0.4, 0.5) is 5.69 Å². The molecular formula is C15H15N3O5S2. The van der Waals surface area contributed by atoms with Crippen LogP contribution >= 0.6 is 11.8 Å². The van der Waals surface area contributed by atoms with Gasteiger partial charge in [0.15, 0.2) is 0 Å². The first-order chi connectivity index (χ1) is 11.7. The summed E-state index contributed by atoms with van der Waals surface area (Å²) < 4.78 is 22.8. The number of carbonyl (C=O) groups excluding carboxylic acids is 1. The second kappa shape index (κ2) is 7.64. The molecule has 0 fully saturated rings. The van der Waals surface area contributed by atoms with Crippen molar-refractivity contribution in [3.63, 3.8) is 0 Å². The number of sulfonamides is 1. The molecule has 25 heavy (non-hydrogen) atoms. The monoisotopic (exact) mass is 381 g/mol. The highest BCUT2D eigenvalue weighted by atomic mass is 32.2. The first-order valence-corrected chi connectivity index (χ1v) is 9.46. The summed E-state index contributed by atoms with van der Waals surface area (Å²) >= 11 is 0.971. The normalized spacial score (nSPS) is 11.1. The summed E-state index contributed by atoms with van der Waals surface area (Å²) in [6, 6.07) is 7.05. The zero-order valence-corrected chi connectivity index (χ0v) is 14.7. The molecule has 0 spiro atoms. The lowest BCUT2D eigenvalue weighted by atomic mass is 10.2. The van der Waals surface area contributed by atoms with Crippen molar-refractivity contribution in [3.8, 4) is 0 Å². The molecule has 2 aromatic rings. The molecular weight excluding hydrogens is 366 g/mol. The third-order valence-electron chi connectivity index (χ3n) is 3.15. The van der Waals surface area contributed by atoms with Crippen molar-refractivity contribution in [2.24, 2.45) is 5.14 Å². The van der Waals surface area contributed by atoms with Gasteiger partial charge in [-0.1, -0.05) is 17.8 Å². The lowest BCUT2D eigenvalue weighted by Crippen LogP contribution is -2.17. The Labute approximate surface area is 148 Å². The molecule has 8 nitrogen and oxygen atoms in total. The maximum absolute atomic E-state index is 12.1. The standard InChI is InChI=1S/C15H15N3O5S2/c1-9-4-5-10(25(16,22)23)7-12(9)18-13(19)8-24-14-11(15(20)21)3-2-6-17-14/h2-7H,8H2,1H3,(H,18,19)(H,20,21)(H2,16,22,23). The quantitative estimate of drug-likeness (QED) is 0.644. The van der Waals surface area contributed by atoms with Crippen LogP contribution in [0.15, 0.2) is 46.5 Å². The van der Waals surface area contributed by atoms with Gasteiger partial charge in [-0.2, -0.15) is 0 Å². The number of nitrogens with zero attached hydrogens (tertiary/aromatic N) is 1. The van der Waals surface area contributed by atoms with Crippen LogP contribution in [0.25, 0.3) is 0 Å². The molecule has 0 unspecified atom stereocenters. The third-order valence-corrected chi connectivity index (χ3v) is 5.07. The van der Waals surface area contributed by atoms with Gasteiger partial charge in [-0.25, -0.2) is 23.3 Å². The van der Waals surface area contributed by atoms with Gasteiger partial charge >= 0.3 is 5.97 Å². The summed E-state index contributed by atoms with van der Waals surface area (Å²) in [5.41, 5.74) is 0.985. The van der Waals surface area contributed by atoms with E-state index in [0.29, 0.717) is 11.3 Å². The molecule has 1 heterocycles.